The van der Waals surface area contributed by atoms with Crippen LogP contribution in [0.25, 0.3) is 11.4 Å². The molecule has 3 heterocycles. The van der Waals surface area contributed by atoms with Crippen molar-refractivity contribution in [2.75, 3.05) is 18.5 Å². The number of carboxylic acids is 1. The van der Waals surface area contributed by atoms with E-state index in [1.165, 1.54) is 0 Å². The van der Waals surface area contributed by atoms with Gasteiger partial charge in [-0.2, -0.15) is 4.80 Å². The number of halogens is 1. The fourth-order valence-corrected chi connectivity index (χ4v) is 4.03. The molecule has 3 aromatic rings. The fraction of sp³-hybridized carbons (Fsp3) is 0.429. The first-order valence-corrected chi connectivity index (χ1v) is 10.8. The zero-order valence-corrected chi connectivity index (χ0v) is 18.7. The molecule has 0 saturated carbocycles. The minimum atomic E-state index is -1.04. The summed E-state index contributed by atoms with van der Waals surface area (Å²) >= 11 is 6.32. The van der Waals surface area contributed by atoms with Crippen LogP contribution in [-0.2, 0) is 17.8 Å². The number of carbonyl (C=O) groups is 1. The second kappa shape index (κ2) is 9.07. The molecule has 168 valence electrons. The van der Waals surface area contributed by atoms with Crippen molar-refractivity contribution >= 4 is 23.5 Å². The highest BCUT2D eigenvalue weighted by Gasteiger charge is 2.35. The van der Waals surface area contributed by atoms with Crippen LogP contribution in [0, 0.1) is 0 Å². The molecule has 1 unspecified atom stereocenters. The van der Waals surface area contributed by atoms with Crippen molar-refractivity contribution in [2.45, 2.75) is 44.8 Å². The van der Waals surface area contributed by atoms with Crippen LogP contribution in [0.15, 0.2) is 30.6 Å². The third-order valence-electron chi connectivity index (χ3n) is 5.75. The Morgan fingerprint density at radius 1 is 1.34 bits per heavy atom. The first-order valence-electron chi connectivity index (χ1n) is 10.4. The number of anilines is 1. The number of aromatic nitrogens is 6. The van der Waals surface area contributed by atoms with E-state index in [0.717, 1.165) is 53.4 Å². The van der Waals surface area contributed by atoms with Crippen LogP contribution < -0.4 is 9.64 Å². The molecule has 0 aliphatic carbocycles. The number of tetrazole rings is 1. The Balaban J connectivity index is 1.40. The van der Waals surface area contributed by atoms with Crippen LogP contribution in [0.4, 0.5) is 5.95 Å². The van der Waals surface area contributed by atoms with Crippen molar-refractivity contribution in [3.8, 4) is 17.1 Å². The number of carboxylic acid groups (broad SMARTS) is 1. The summed E-state index contributed by atoms with van der Waals surface area (Å²) in [7, 11) is 1.94. The Morgan fingerprint density at radius 2 is 2.12 bits per heavy atom. The van der Waals surface area contributed by atoms with Gasteiger partial charge in [-0.05, 0) is 36.6 Å². The maximum atomic E-state index is 10.8. The number of nitrogens with zero attached hydrogens (tertiary/aromatic N) is 7. The Morgan fingerprint density at radius 3 is 2.84 bits per heavy atom. The Labute approximate surface area is 190 Å². The zero-order chi connectivity index (χ0) is 22.7. The first-order chi connectivity index (χ1) is 15.4. The molecule has 0 bridgehead atoms. The maximum absolute atomic E-state index is 10.8. The molecule has 4 rings (SSSR count). The molecule has 10 nitrogen and oxygen atoms in total. The molecule has 1 aromatic carbocycles. The molecule has 11 heteroatoms. The van der Waals surface area contributed by atoms with Crippen molar-refractivity contribution in [3.05, 3.63) is 41.2 Å². The van der Waals surface area contributed by atoms with Gasteiger partial charge in [-0.15, -0.1) is 10.2 Å². The summed E-state index contributed by atoms with van der Waals surface area (Å²) in [6, 6.07) is 5.81. The van der Waals surface area contributed by atoms with Crippen LogP contribution in [0.3, 0.4) is 0 Å². The van der Waals surface area contributed by atoms with Gasteiger partial charge >= 0.3 is 5.97 Å². The lowest BCUT2D eigenvalue weighted by atomic mass is 9.86. The number of aliphatic carboxylic acids is 1. The summed E-state index contributed by atoms with van der Waals surface area (Å²) in [5.74, 6) is 0.674. The molecule has 1 atom stereocenters. The number of ether oxygens (including phenoxy) is 1. The molecular weight excluding hydrogens is 434 g/mol. The van der Waals surface area contributed by atoms with Gasteiger partial charge in [-0.3, -0.25) is 4.79 Å². The topological polar surface area (TPSA) is 119 Å². The second-order valence-corrected chi connectivity index (χ2v) is 8.24. The maximum Gasteiger partial charge on any atom is 0.327 e. The van der Waals surface area contributed by atoms with Gasteiger partial charge in [0.25, 0.3) is 0 Å². The fourth-order valence-electron chi connectivity index (χ4n) is 3.77. The summed E-state index contributed by atoms with van der Waals surface area (Å²) in [4.78, 5) is 22.6. The minimum absolute atomic E-state index is 0.252. The lowest BCUT2D eigenvalue weighted by Crippen LogP contribution is -2.42. The van der Waals surface area contributed by atoms with E-state index in [2.05, 4.69) is 32.3 Å². The smallest absolute Gasteiger partial charge is 0.327 e. The van der Waals surface area contributed by atoms with Crippen molar-refractivity contribution in [2.24, 2.45) is 0 Å². The van der Waals surface area contributed by atoms with Crippen LogP contribution >= 0.6 is 11.6 Å². The third-order valence-corrected chi connectivity index (χ3v) is 6.10. The molecule has 0 fully saturated rings. The number of fused-ring (bicyclic) bond motifs is 1. The molecule has 0 saturated heterocycles. The van der Waals surface area contributed by atoms with Gasteiger partial charge in [-0.1, -0.05) is 24.6 Å². The van der Waals surface area contributed by atoms with Crippen molar-refractivity contribution < 1.29 is 14.6 Å². The average Bonchev–Trinajstić information content (AvgIpc) is 3.25. The van der Waals surface area contributed by atoms with E-state index in [1.807, 2.05) is 30.1 Å². The number of benzene rings is 1. The van der Waals surface area contributed by atoms with E-state index in [0.29, 0.717) is 11.5 Å². The van der Waals surface area contributed by atoms with Gasteiger partial charge in [0.05, 0.1) is 5.56 Å². The zero-order valence-electron chi connectivity index (χ0n) is 17.9. The van der Waals surface area contributed by atoms with Crippen LogP contribution in [0.2, 0.25) is 5.02 Å². The largest absolute Gasteiger partial charge is 0.487 e. The van der Waals surface area contributed by atoms with Crippen LogP contribution in [0.5, 0.6) is 5.75 Å². The lowest BCUT2D eigenvalue weighted by Gasteiger charge is -2.39. The van der Waals surface area contributed by atoms with E-state index < -0.39 is 5.97 Å². The van der Waals surface area contributed by atoms with Crippen LogP contribution in [0.1, 0.15) is 31.7 Å². The first kappa shape index (κ1) is 21.9. The molecule has 2 aromatic heterocycles. The van der Waals surface area contributed by atoms with E-state index in [9.17, 15) is 4.79 Å². The highest BCUT2D eigenvalue weighted by atomic mass is 35.5. The van der Waals surface area contributed by atoms with Gasteiger partial charge in [0.1, 0.15) is 11.4 Å². The molecule has 1 aliphatic heterocycles. The molecular formula is C21H24ClN7O3. The van der Waals surface area contributed by atoms with Crippen LogP contribution in [-0.4, -0.2) is 60.4 Å². The summed E-state index contributed by atoms with van der Waals surface area (Å²) in [5.41, 5.74) is 1.39. The molecule has 1 aliphatic rings. The van der Waals surface area contributed by atoms with Gasteiger partial charge < -0.3 is 14.7 Å². The predicted octanol–water partition coefficient (Wildman–Crippen LogP) is 2.87. The SMILES string of the molecule is CCC1(CCN(C)c2ncc(-c3nnn(CC(=O)O)n3)cn2)CCc2c(Cl)cccc2O1. The van der Waals surface area contributed by atoms with E-state index >= 15 is 0 Å². The van der Waals surface area contributed by atoms with E-state index in [-0.39, 0.29) is 18.0 Å². The highest BCUT2D eigenvalue weighted by Crippen LogP contribution is 2.40. The van der Waals surface area contributed by atoms with E-state index in [1.54, 1.807) is 12.4 Å². The molecule has 0 amide bonds. The van der Waals surface area contributed by atoms with Gasteiger partial charge in [-0.25, -0.2) is 9.97 Å². The standard InChI is InChI=1S/C21H24ClN7O3/c1-3-21(8-7-15-16(22)5-4-6-17(15)32-21)9-10-28(2)20-23-11-14(12-24-20)19-25-27-29(26-19)13-18(30)31/h4-6,11-12H,3,7-10,13H2,1-2H3,(H,30,31). The van der Waals surface area contributed by atoms with Gasteiger partial charge in [0, 0.05) is 43.0 Å². The Bertz CT molecular complexity index is 1110. The van der Waals surface area contributed by atoms with Gasteiger partial charge in [0.2, 0.25) is 11.8 Å². The summed E-state index contributed by atoms with van der Waals surface area (Å²) < 4.78 is 6.42. The van der Waals surface area contributed by atoms with Gasteiger partial charge in [0.15, 0.2) is 6.54 Å². The van der Waals surface area contributed by atoms with Crippen molar-refractivity contribution in [1.82, 2.24) is 30.2 Å². The highest BCUT2D eigenvalue weighted by molar-refractivity contribution is 6.31. The Hall–Kier alpha value is -3.27. The van der Waals surface area contributed by atoms with Crippen molar-refractivity contribution in [1.29, 1.82) is 0 Å². The molecule has 32 heavy (non-hydrogen) atoms. The second-order valence-electron chi connectivity index (χ2n) is 7.84. The van der Waals surface area contributed by atoms with E-state index in [4.69, 9.17) is 21.4 Å². The summed E-state index contributed by atoms with van der Waals surface area (Å²) in [6.07, 6.45) is 6.73. The summed E-state index contributed by atoms with van der Waals surface area (Å²) in [5, 5.41) is 21.2. The number of hydrogen-bond acceptors (Lipinski definition) is 8. The number of hydrogen-bond donors (Lipinski definition) is 1. The normalized spacial score (nSPS) is 17.5. The third kappa shape index (κ3) is 4.64. The minimum Gasteiger partial charge on any atom is -0.487 e. The molecule has 0 radical (unpaired) electrons. The molecule has 1 N–H and O–H groups in total. The predicted molar refractivity (Wildman–Crippen MR) is 118 cm³/mol. The quantitative estimate of drug-likeness (QED) is 0.544. The lowest BCUT2D eigenvalue weighted by molar-refractivity contribution is -0.138. The average molecular weight is 458 g/mol. The Kier molecular flexibility index (Phi) is 6.22. The monoisotopic (exact) mass is 457 g/mol. The number of rotatable bonds is 8. The molecule has 0 spiro atoms. The summed E-state index contributed by atoms with van der Waals surface area (Å²) in [6.45, 7) is 2.51. The van der Waals surface area contributed by atoms with Crippen molar-refractivity contribution in [3.63, 3.8) is 0 Å².